The van der Waals surface area contributed by atoms with E-state index in [1.807, 2.05) is 31.3 Å². The van der Waals surface area contributed by atoms with Crippen LogP contribution in [-0.2, 0) is 0 Å². The molecule has 0 saturated heterocycles. The first-order valence-corrected chi connectivity index (χ1v) is 5.91. The highest BCUT2D eigenvalue weighted by atomic mass is 35.5. The molecule has 1 aromatic carbocycles. The molecule has 110 valence electrons. The summed E-state index contributed by atoms with van der Waals surface area (Å²) in [6, 6.07) is 9.40. The maximum absolute atomic E-state index is 7.43. The Morgan fingerprint density at radius 3 is 2.57 bits per heavy atom. The first-order valence-electron chi connectivity index (χ1n) is 5.91. The molecule has 0 aliphatic rings. The molecule has 0 aliphatic carbocycles. The molecule has 0 fully saturated rings. The minimum atomic E-state index is 0. The number of aryl methyl sites for hydroxylation is 1. The number of hydrogen-bond acceptors (Lipinski definition) is 3. The van der Waals surface area contributed by atoms with Crippen LogP contribution in [0.4, 0.5) is 0 Å². The highest BCUT2D eigenvalue weighted by Crippen LogP contribution is 2.19. The fraction of sp³-hybridized carbons (Fsp3) is 0.0714. The number of halogens is 2. The van der Waals surface area contributed by atoms with Crippen molar-refractivity contribution < 1.29 is 0 Å². The van der Waals surface area contributed by atoms with Gasteiger partial charge in [-0.3, -0.25) is 10.4 Å². The van der Waals surface area contributed by atoms with E-state index < -0.39 is 0 Å². The number of nitrogens with two attached hydrogens (primary N) is 1. The number of imidazole rings is 1. The lowest BCUT2D eigenvalue weighted by Crippen LogP contribution is -2.10. The summed E-state index contributed by atoms with van der Waals surface area (Å²) >= 11 is 0. The zero-order valence-corrected chi connectivity index (χ0v) is 12.9. The fourth-order valence-corrected chi connectivity index (χ4v) is 1.90. The van der Waals surface area contributed by atoms with Gasteiger partial charge in [0.1, 0.15) is 11.5 Å². The van der Waals surface area contributed by atoms with Gasteiger partial charge < -0.3 is 10.7 Å². The van der Waals surface area contributed by atoms with Crippen molar-refractivity contribution in [3.63, 3.8) is 0 Å². The van der Waals surface area contributed by atoms with Gasteiger partial charge in [0.15, 0.2) is 5.82 Å². The third-order valence-electron chi connectivity index (χ3n) is 2.95. The van der Waals surface area contributed by atoms with Crippen LogP contribution < -0.4 is 5.73 Å². The Labute approximate surface area is 134 Å². The van der Waals surface area contributed by atoms with E-state index >= 15 is 0 Å². The van der Waals surface area contributed by atoms with Crippen molar-refractivity contribution in [1.82, 2.24) is 15.0 Å². The predicted octanol–water partition coefficient (Wildman–Crippen LogP) is 3.06. The molecule has 2 aromatic heterocycles. The molecule has 3 aromatic rings. The van der Waals surface area contributed by atoms with E-state index in [-0.39, 0.29) is 30.6 Å². The van der Waals surface area contributed by atoms with Crippen molar-refractivity contribution in [2.45, 2.75) is 6.92 Å². The second kappa shape index (κ2) is 6.56. The number of aromatic amines is 1. The van der Waals surface area contributed by atoms with Gasteiger partial charge in [-0.2, -0.15) is 0 Å². The van der Waals surface area contributed by atoms with Gasteiger partial charge in [0.05, 0.1) is 11.0 Å². The van der Waals surface area contributed by atoms with E-state index in [0.717, 1.165) is 28.1 Å². The largest absolute Gasteiger partial charge is 0.384 e. The molecule has 3 rings (SSSR count). The summed E-state index contributed by atoms with van der Waals surface area (Å²) in [5.41, 5.74) is 9.74. The van der Waals surface area contributed by atoms with Gasteiger partial charge in [-0.05, 0) is 36.8 Å². The highest BCUT2D eigenvalue weighted by molar-refractivity contribution is 5.98. The van der Waals surface area contributed by atoms with Crippen LogP contribution in [0.3, 0.4) is 0 Å². The van der Waals surface area contributed by atoms with Crippen molar-refractivity contribution in [3.05, 3.63) is 47.7 Å². The van der Waals surface area contributed by atoms with Crippen molar-refractivity contribution in [3.8, 4) is 11.5 Å². The molecule has 5 nitrogen and oxygen atoms in total. The molecule has 7 heteroatoms. The number of H-pyrrole nitrogens is 1. The Kier molecular flexibility index (Phi) is 5.29. The lowest BCUT2D eigenvalue weighted by molar-refractivity contribution is 1.21. The molecule has 0 spiro atoms. The third-order valence-corrected chi connectivity index (χ3v) is 2.95. The van der Waals surface area contributed by atoms with Crippen molar-refractivity contribution >= 4 is 41.7 Å². The van der Waals surface area contributed by atoms with Crippen LogP contribution in [0.1, 0.15) is 11.1 Å². The maximum Gasteiger partial charge on any atom is 0.157 e. The molecule has 2 heterocycles. The number of fused-ring (bicyclic) bond motifs is 1. The van der Waals surface area contributed by atoms with Gasteiger partial charge in [-0.1, -0.05) is 6.07 Å². The number of hydrogen-bond donors (Lipinski definition) is 3. The topological polar surface area (TPSA) is 91.4 Å². The zero-order valence-electron chi connectivity index (χ0n) is 11.3. The van der Waals surface area contributed by atoms with Crippen LogP contribution in [-0.4, -0.2) is 20.8 Å². The summed E-state index contributed by atoms with van der Waals surface area (Å²) in [5, 5.41) is 7.43. The normalized spacial score (nSPS) is 9.76. The van der Waals surface area contributed by atoms with Crippen LogP contribution in [0, 0.1) is 12.3 Å². The average Bonchev–Trinajstić information content (AvgIpc) is 2.82. The van der Waals surface area contributed by atoms with Crippen LogP contribution in [0.5, 0.6) is 0 Å². The molecule has 0 bridgehead atoms. The number of nitrogens with zero attached hydrogens (tertiary/aromatic N) is 2. The van der Waals surface area contributed by atoms with Gasteiger partial charge in [-0.25, -0.2) is 4.98 Å². The molecule has 4 N–H and O–H groups in total. The SMILES string of the molecule is Cc1ccc(-c2nc3cc(C(=N)N)ccc3[nH]2)nc1.Cl.Cl. The smallest absolute Gasteiger partial charge is 0.157 e. The van der Waals surface area contributed by atoms with E-state index in [1.54, 1.807) is 12.1 Å². The highest BCUT2D eigenvalue weighted by Gasteiger charge is 2.07. The van der Waals surface area contributed by atoms with Gasteiger partial charge in [-0.15, -0.1) is 24.8 Å². The number of rotatable bonds is 2. The van der Waals surface area contributed by atoms with Gasteiger partial charge >= 0.3 is 0 Å². The fourth-order valence-electron chi connectivity index (χ4n) is 1.90. The van der Waals surface area contributed by atoms with Crippen LogP contribution in [0.25, 0.3) is 22.6 Å². The predicted molar refractivity (Wildman–Crippen MR) is 89.6 cm³/mol. The Hall–Kier alpha value is -2.11. The van der Waals surface area contributed by atoms with E-state index in [2.05, 4.69) is 15.0 Å². The quantitative estimate of drug-likeness (QED) is 0.500. The van der Waals surface area contributed by atoms with E-state index in [9.17, 15) is 0 Å². The van der Waals surface area contributed by atoms with E-state index in [0.29, 0.717) is 5.56 Å². The standard InChI is InChI=1S/C14H13N5.2ClH/c1-8-2-4-11(17-7-8)14-18-10-5-3-9(13(15)16)6-12(10)19-14;;/h2-7H,1H3,(H3,15,16)(H,18,19);2*1H. The molecule has 0 atom stereocenters. The molecule has 0 saturated carbocycles. The molecule has 0 amide bonds. The Morgan fingerprint density at radius 2 is 1.95 bits per heavy atom. The number of amidine groups is 1. The summed E-state index contributed by atoms with van der Waals surface area (Å²) < 4.78 is 0. The minimum absolute atomic E-state index is 0. The number of aromatic nitrogens is 3. The Balaban J connectivity index is 0.00000110. The molecule has 0 aliphatic heterocycles. The Morgan fingerprint density at radius 1 is 1.19 bits per heavy atom. The molecule has 21 heavy (non-hydrogen) atoms. The van der Waals surface area contributed by atoms with Gasteiger partial charge in [0.2, 0.25) is 0 Å². The molecule has 0 unspecified atom stereocenters. The lowest BCUT2D eigenvalue weighted by atomic mass is 10.2. The first-order chi connectivity index (χ1) is 9.13. The van der Waals surface area contributed by atoms with Crippen molar-refractivity contribution in [1.29, 1.82) is 5.41 Å². The first kappa shape index (κ1) is 16.9. The van der Waals surface area contributed by atoms with Crippen molar-refractivity contribution in [2.24, 2.45) is 5.73 Å². The van der Waals surface area contributed by atoms with Crippen molar-refractivity contribution in [2.75, 3.05) is 0 Å². The number of nitrogens with one attached hydrogen (secondary N) is 2. The van der Waals surface area contributed by atoms with Gasteiger partial charge in [0.25, 0.3) is 0 Å². The number of nitrogen functional groups attached to an aromatic ring is 1. The zero-order chi connectivity index (χ0) is 13.4. The summed E-state index contributed by atoms with van der Waals surface area (Å²) in [7, 11) is 0. The summed E-state index contributed by atoms with van der Waals surface area (Å²) in [4.78, 5) is 12.0. The third kappa shape index (κ3) is 3.32. The van der Waals surface area contributed by atoms with Crippen LogP contribution >= 0.6 is 24.8 Å². The van der Waals surface area contributed by atoms with E-state index in [1.165, 1.54) is 0 Å². The minimum Gasteiger partial charge on any atom is -0.384 e. The Bertz CT molecular complexity index is 765. The second-order valence-electron chi connectivity index (χ2n) is 4.45. The maximum atomic E-state index is 7.43. The van der Waals surface area contributed by atoms with Gasteiger partial charge in [0, 0.05) is 11.8 Å². The molecular weight excluding hydrogens is 309 g/mol. The van der Waals surface area contributed by atoms with Crippen LogP contribution in [0.2, 0.25) is 0 Å². The second-order valence-corrected chi connectivity index (χ2v) is 4.45. The summed E-state index contributed by atoms with van der Waals surface area (Å²) in [6.07, 6.45) is 1.81. The number of benzene rings is 1. The molecular formula is C14H15Cl2N5. The monoisotopic (exact) mass is 323 g/mol. The average molecular weight is 324 g/mol. The van der Waals surface area contributed by atoms with E-state index in [4.69, 9.17) is 11.1 Å². The summed E-state index contributed by atoms with van der Waals surface area (Å²) in [5.74, 6) is 0.760. The number of pyridine rings is 1. The van der Waals surface area contributed by atoms with Crippen LogP contribution in [0.15, 0.2) is 36.5 Å². The lowest BCUT2D eigenvalue weighted by Gasteiger charge is -1.95. The molecule has 0 radical (unpaired) electrons. The summed E-state index contributed by atoms with van der Waals surface area (Å²) in [6.45, 7) is 1.99.